The average Bonchev–Trinajstić information content (AvgIpc) is 3.22. The number of hydrogen-bond donors (Lipinski definition) is 1. The van der Waals surface area contributed by atoms with Crippen LogP contribution in [0.5, 0.6) is 5.75 Å². The monoisotopic (exact) mass is 466 g/mol. The predicted molar refractivity (Wildman–Crippen MR) is 129 cm³/mol. The van der Waals surface area contributed by atoms with Gasteiger partial charge in [0.2, 0.25) is 5.91 Å². The molecule has 0 saturated carbocycles. The Labute approximate surface area is 195 Å². The topological polar surface area (TPSA) is 69.0 Å². The van der Waals surface area contributed by atoms with Gasteiger partial charge in [0.05, 0.1) is 10.8 Å². The first-order chi connectivity index (χ1) is 15.6. The number of carbonyl (C=O) groups excluding carboxylic acids is 1. The van der Waals surface area contributed by atoms with Crippen LogP contribution < -0.4 is 10.1 Å². The standard InChI is InChI=1S/C24H23ClN4O2S/c1-3-29-23(16(2)31-21-14-7-6-12-19(21)25)27-28-24(29)32-15-22(30)26-20-13-8-10-17-9-4-5-11-18(17)20/h4-14,16H,3,15H2,1-2H3,(H,26,30)/t16-/m1/s1. The van der Waals surface area contributed by atoms with Gasteiger partial charge in [-0.1, -0.05) is 71.9 Å². The van der Waals surface area contributed by atoms with Gasteiger partial charge < -0.3 is 14.6 Å². The van der Waals surface area contributed by atoms with E-state index in [0.29, 0.717) is 28.3 Å². The minimum atomic E-state index is -0.346. The fourth-order valence-corrected chi connectivity index (χ4v) is 4.43. The Morgan fingerprint density at radius 3 is 2.66 bits per heavy atom. The van der Waals surface area contributed by atoms with Gasteiger partial charge in [0.25, 0.3) is 0 Å². The Bertz CT molecular complexity index is 1240. The van der Waals surface area contributed by atoms with E-state index in [4.69, 9.17) is 16.3 Å². The molecular weight excluding hydrogens is 444 g/mol. The van der Waals surface area contributed by atoms with Crippen molar-refractivity contribution in [3.8, 4) is 5.75 Å². The number of nitrogens with zero attached hydrogens (tertiary/aromatic N) is 3. The molecule has 1 amide bonds. The van der Waals surface area contributed by atoms with E-state index in [-0.39, 0.29) is 17.8 Å². The minimum Gasteiger partial charge on any atom is -0.481 e. The summed E-state index contributed by atoms with van der Waals surface area (Å²) in [6.07, 6.45) is -0.346. The highest BCUT2D eigenvalue weighted by Gasteiger charge is 2.20. The number of fused-ring (bicyclic) bond motifs is 1. The first-order valence-corrected chi connectivity index (χ1v) is 11.7. The average molecular weight is 467 g/mol. The molecule has 1 atom stereocenters. The number of nitrogens with one attached hydrogen (secondary N) is 1. The first-order valence-electron chi connectivity index (χ1n) is 10.3. The summed E-state index contributed by atoms with van der Waals surface area (Å²) in [6, 6.07) is 21.2. The summed E-state index contributed by atoms with van der Waals surface area (Å²) in [6.45, 7) is 4.57. The van der Waals surface area contributed by atoms with Crippen LogP contribution in [0.25, 0.3) is 10.8 Å². The number of thioether (sulfide) groups is 1. The van der Waals surface area contributed by atoms with Crippen molar-refractivity contribution in [2.24, 2.45) is 0 Å². The van der Waals surface area contributed by atoms with E-state index in [1.165, 1.54) is 11.8 Å². The minimum absolute atomic E-state index is 0.0982. The normalized spacial score (nSPS) is 12.0. The van der Waals surface area contributed by atoms with Crippen molar-refractivity contribution in [3.05, 3.63) is 77.6 Å². The zero-order chi connectivity index (χ0) is 22.5. The maximum absolute atomic E-state index is 12.6. The number of aromatic nitrogens is 3. The van der Waals surface area contributed by atoms with Gasteiger partial charge in [0, 0.05) is 17.6 Å². The van der Waals surface area contributed by atoms with Crippen molar-refractivity contribution < 1.29 is 9.53 Å². The highest BCUT2D eigenvalue weighted by atomic mass is 35.5. The van der Waals surface area contributed by atoms with E-state index in [1.54, 1.807) is 6.07 Å². The molecule has 1 heterocycles. The van der Waals surface area contributed by atoms with Gasteiger partial charge in [-0.2, -0.15) is 0 Å². The van der Waals surface area contributed by atoms with Crippen molar-refractivity contribution >= 4 is 45.7 Å². The molecule has 3 aromatic carbocycles. The van der Waals surface area contributed by atoms with Crippen molar-refractivity contribution in [1.29, 1.82) is 0 Å². The summed E-state index contributed by atoms with van der Waals surface area (Å²) in [5.74, 6) is 1.40. The second-order valence-corrected chi connectivity index (χ2v) is 8.49. The molecule has 6 nitrogen and oxygen atoms in total. The fraction of sp³-hybridized carbons (Fsp3) is 0.208. The molecule has 4 aromatic rings. The third kappa shape index (κ3) is 4.89. The number of benzene rings is 3. The number of carbonyl (C=O) groups is 1. The summed E-state index contributed by atoms with van der Waals surface area (Å²) in [5.41, 5.74) is 0.799. The van der Waals surface area contributed by atoms with Crippen molar-refractivity contribution in [3.63, 3.8) is 0 Å². The second-order valence-electron chi connectivity index (χ2n) is 7.14. The summed E-state index contributed by atoms with van der Waals surface area (Å²) in [4.78, 5) is 12.6. The molecule has 164 valence electrons. The molecule has 8 heteroatoms. The maximum Gasteiger partial charge on any atom is 0.234 e. The van der Waals surface area contributed by atoms with E-state index >= 15 is 0 Å². The van der Waals surface area contributed by atoms with E-state index in [2.05, 4.69) is 15.5 Å². The van der Waals surface area contributed by atoms with Gasteiger partial charge in [-0.25, -0.2) is 0 Å². The van der Waals surface area contributed by atoms with E-state index in [1.807, 2.05) is 79.1 Å². The number of amides is 1. The molecule has 0 aliphatic rings. The molecule has 32 heavy (non-hydrogen) atoms. The molecule has 0 radical (unpaired) electrons. The van der Waals surface area contributed by atoms with E-state index < -0.39 is 0 Å². The lowest BCUT2D eigenvalue weighted by Crippen LogP contribution is -2.15. The van der Waals surface area contributed by atoms with Gasteiger partial charge >= 0.3 is 0 Å². The summed E-state index contributed by atoms with van der Waals surface area (Å²) < 4.78 is 7.94. The molecule has 0 aliphatic carbocycles. The molecule has 0 fully saturated rings. The predicted octanol–water partition coefficient (Wildman–Crippen LogP) is 5.98. The smallest absolute Gasteiger partial charge is 0.234 e. The molecule has 1 aromatic heterocycles. The zero-order valence-electron chi connectivity index (χ0n) is 17.8. The molecule has 0 bridgehead atoms. The fourth-order valence-electron chi connectivity index (χ4n) is 3.44. The van der Waals surface area contributed by atoms with Crippen molar-refractivity contribution in [2.45, 2.75) is 31.7 Å². The number of anilines is 1. The van der Waals surface area contributed by atoms with Crippen LogP contribution in [0.4, 0.5) is 5.69 Å². The van der Waals surface area contributed by atoms with Gasteiger partial charge in [-0.3, -0.25) is 4.79 Å². The third-order valence-electron chi connectivity index (χ3n) is 4.96. The van der Waals surface area contributed by atoms with Gasteiger partial charge in [-0.05, 0) is 37.4 Å². The van der Waals surface area contributed by atoms with Crippen LogP contribution in [-0.4, -0.2) is 26.4 Å². The van der Waals surface area contributed by atoms with E-state index in [9.17, 15) is 4.79 Å². The number of halogens is 1. The lowest BCUT2D eigenvalue weighted by atomic mass is 10.1. The molecule has 0 aliphatic heterocycles. The number of rotatable bonds is 8. The zero-order valence-corrected chi connectivity index (χ0v) is 19.4. The van der Waals surface area contributed by atoms with Crippen LogP contribution in [0.2, 0.25) is 5.02 Å². The lowest BCUT2D eigenvalue weighted by Gasteiger charge is -2.16. The van der Waals surface area contributed by atoms with Crippen LogP contribution in [0.15, 0.2) is 71.9 Å². The Kier molecular flexibility index (Phi) is 6.97. The van der Waals surface area contributed by atoms with Crippen LogP contribution in [0, 0.1) is 0 Å². The Hall–Kier alpha value is -3.03. The Morgan fingerprint density at radius 2 is 1.84 bits per heavy atom. The second kappa shape index (κ2) is 10.1. The van der Waals surface area contributed by atoms with Crippen LogP contribution >= 0.6 is 23.4 Å². The molecule has 0 unspecified atom stereocenters. The third-order valence-corrected chi connectivity index (χ3v) is 6.24. The molecule has 0 spiro atoms. The summed E-state index contributed by atoms with van der Waals surface area (Å²) in [5, 5.41) is 14.9. The van der Waals surface area contributed by atoms with Gasteiger partial charge in [0.15, 0.2) is 17.1 Å². The van der Waals surface area contributed by atoms with Crippen molar-refractivity contribution in [1.82, 2.24) is 14.8 Å². The molecule has 1 N–H and O–H groups in total. The van der Waals surface area contributed by atoms with Crippen LogP contribution in [0.1, 0.15) is 25.8 Å². The molecular formula is C24H23ClN4O2S. The maximum atomic E-state index is 12.6. The van der Waals surface area contributed by atoms with Crippen molar-refractivity contribution in [2.75, 3.05) is 11.1 Å². The quantitative estimate of drug-likeness (QED) is 0.324. The lowest BCUT2D eigenvalue weighted by molar-refractivity contribution is -0.113. The Balaban J connectivity index is 1.43. The Morgan fingerprint density at radius 1 is 1.09 bits per heavy atom. The molecule has 0 saturated heterocycles. The van der Waals surface area contributed by atoms with Gasteiger partial charge in [-0.15, -0.1) is 10.2 Å². The highest BCUT2D eigenvalue weighted by molar-refractivity contribution is 7.99. The van der Waals surface area contributed by atoms with Crippen LogP contribution in [-0.2, 0) is 11.3 Å². The number of ether oxygens (including phenoxy) is 1. The first kappa shape index (κ1) is 22.2. The van der Waals surface area contributed by atoms with E-state index in [0.717, 1.165) is 16.5 Å². The number of para-hydroxylation sites is 1. The molecule has 4 rings (SSSR count). The van der Waals surface area contributed by atoms with Crippen LogP contribution in [0.3, 0.4) is 0 Å². The number of hydrogen-bond acceptors (Lipinski definition) is 5. The summed E-state index contributed by atoms with van der Waals surface area (Å²) in [7, 11) is 0. The highest BCUT2D eigenvalue weighted by Crippen LogP contribution is 2.29. The summed E-state index contributed by atoms with van der Waals surface area (Å²) >= 11 is 7.55. The SMILES string of the molecule is CCn1c(SCC(=O)Nc2cccc3ccccc23)nnc1[C@@H](C)Oc1ccccc1Cl. The van der Waals surface area contributed by atoms with Gasteiger partial charge in [0.1, 0.15) is 5.75 Å². The largest absolute Gasteiger partial charge is 0.481 e.